The van der Waals surface area contributed by atoms with E-state index in [9.17, 15) is 4.79 Å². The third kappa shape index (κ3) is 3.08. The Morgan fingerprint density at radius 3 is 2.39 bits per heavy atom. The highest BCUT2D eigenvalue weighted by Crippen LogP contribution is 2.58. The molecule has 0 bridgehead atoms. The number of carbonyl (C=O) groups is 1. The van der Waals surface area contributed by atoms with Gasteiger partial charge in [0.05, 0.1) is 19.1 Å². The number of nitrogens with two attached hydrogens (primary N) is 1. The van der Waals surface area contributed by atoms with Crippen molar-refractivity contribution >= 4 is 5.78 Å². The Labute approximate surface area is 181 Å². The third-order valence-corrected chi connectivity index (χ3v) is 6.26. The molecule has 0 amide bonds. The van der Waals surface area contributed by atoms with Crippen molar-refractivity contribution in [3.63, 3.8) is 0 Å². The highest BCUT2D eigenvalue weighted by atomic mass is 16.5. The van der Waals surface area contributed by atoms with Gasteiger partial charge in [-0.1, -0.05) is 36.4 Å². The fraction of sp³-hybridized carbons (Fsp3) is 0.269. The number of fused-ring (bicyclic) bond motifs is 6. The molecule has 2 N–H and O–H groups in total. The molecule has 0 saturated heterocycles. The summed E-state index contributed by atoms with van der Waals surface area (Å²) in [5.41, 5.74) is 8.75. The number of rotatable bonds is 6. The van der Waals surface area contributed by atoms with Crippen molar-refractivity contribution in [1.82, 2.24) is 0 Å². The number of ketones is 1. The first-order chi connectivity index (χ1) is 15.2. The van der Waals surface area contributed by atoms with Crippen LogP contribution in [0, 0.1) is 0 Å². The largest absolute Gasteiger partial charge is 0.497 e. The quantitative estimate of drug-likeness (QED) is 0.584. The predicted molar refractivity (Wildman–Crippen MR) is 119 cm³/mol. The molecule has 2 aliphatic rings. The highest BCUT2D eigenvalue weighted by molar-refractivity contribution is 6.04. The zero-order valence-electron chi connectivity index (χ0n) is 17.5. The molecule has 5 heteroatoms. The van der Waals surface area contributed by atoms with Crippen LogP contribution in [-0.2, 0) is 5.41 Å². The molecule has 1 atom stereocenters. The topological polar surface area (TPSA) is 70.8 Å². The van der Waals surface area contributed by atoms with Crippen LogP contribution >= 0.6 is 0 Å². The van der Waals surface area contributed by atoms with Crippen LogP contribution in [0.15, 0.2) is 60.7 Å². The molecule has 158 valence electrons. The molecule has 0 radical (unpaired) electrons. The Morgan fingerprint density at radius 1 is 0.935 bits per heavy atom. The number of hydrogen-bond acceptors (Lipinski definition) is 5. The van der Waals surface area contributed by atoms with Crippen LogP contribution in [0.4, 0.5) is 0 Å². The molecule has 1 spiro atoms. The van der Waals surface area contributed by atoms with Crippen molar-refractivity contribution < 1.29 is 19.0 Å². The summed E-state index contributed by atoms with van der Waals surface area (Å²) in [5, 5.41) is 0. The number of benzene rings is 3. The van der Waals surface area contributed by atoms with Crippen molar-refractivity contribution in [2.75, 3.05) is 20.3 Å². The molecule has 1 heterocycles. The van der Waals surface area contributed by atoms with Crippen LogP contribution in [0.5, 0.6) is 23.0 Å². The van der Waals surface area contributed by atoms with Crippen molar-refractivity contribution in [3.05, 3.63) is 82.9 Å². The minimum atomic E-state index is -0.582. The fourth-order valence-electron chi connectivity index (χ4n) is 4.81. The number of Topliss-reactive ketones (excluding diaryl/α,β-unsaturated/α-hetero) is 1. The number of unbranched alkanes of at least 4 members (excludes halogenated alkanes) is 1. The molecule has 31 heavy (non-hydrogen) atoms. The minimum absolute atomic E-state index is 0.146. The minimum Gasteiger partial charge on any atom is -0.497 e. The molecule has 0 fully saturated rings. The summed E-state index contributed by atoms with van der Waals surface area (Å²) in [6.45, 7) is 1.26. The summed E-state index contributed by atoms with van der Waals surface area (Å²) in [6, 6.07) is 19.6. The van der Waals surface area contributed by atoms with E-state index in [0.717, 1.165) is 40.8 Å². The summed E-state index contributed by atoms with van der Waals surface area (Å²) in [4.78, 5) is 13.1. The molecule has 0 saturated carbocycles. The SMILES string of the molecule is COc1ccc2c(c1)Oc1cc(OCCCCN)ccc1C21CC(=O)c2ccccc21. The zero-order valence-corrected chi connectivity index (χ0v) is 17.5. The lowest BCUT2D eigenvalue weighted by Gasteiger charge is -2.38. The maximum Gasteiger partial charge on any atom is 0.164 e. The number of hydrogen-bond donors (Lipinski definition) is 1. The number of ether oxygens (including phenoxy) is 3. The van der Waals surface area contributed by atoms with Crippen molar-refractivity contribution in [2.45, 2.75) is 24.7 Å². The average Bonchev–Trinajstić information content (AvgIpc) is 3.09. The smallest absolute Gasteiger partial charge is 0.164 e. The van der Waals surface area contributed by atoms with E-state index in [-0.39, 0.29) is 5.78 Å². The molecule has 1 aliphatic heterocycles. The lowest BCUT2D eigenvalue weighted by molar-refractivity contribution is 0.0983. The van der Waals surface area contributed by atoms with E-state index in [0.29, 0.717) is 36.8 Å². The van der Waals surface area contributed by atoms with Crippen LogP contribution in [0.2, 0.25) is 0 Å². The second kappa shape index (κ2) is 7.75. The second-order valence-corrected chi connectivity index (χ2v) is 8.02. The van der Waals surface area contributed by atoms with E-state index < -0.39 is 5.41 Å². The van der Waals surface area contributed by atoms with Gasteiger partial charge in [0, 0.05) is 35.2 Å². The average molecular weight is 415 g/mol. The Morgan fingerprint density at radius 2 is 1.65 bits per heavy atom. The summed E-state index contributed by atoms with van der Waals surface area (Å²) in [5.74, 6) is 3.02. The first-order valence-corrected chi connectivity index (χ1v) is 10.6. The van der Waals surface area contributed by atoms with Crippen LogP contribution in [0.1, 0.15) is 46.3 Å². The second-order valence-electron chi connectivity index (χ2n) is 8.02. The third-order valence-electron chi connectivity index (χ3n) is 6.26. The fourth-order valence-corrected chi connectivity index (χ4v) is 4.81. The summed E-state index contributed by atoms with van der Waals surface area (Å²) in [7, 11) is 1.63. The molecule has 1 unspecified atom stereocenters. The maximum absolute atomic E-state index is 13.1. The maximum atomic E-state index is 13.1. The van der Waals surface area contributed by atoms with Gasteiger partial charge in [0.2, 0.25) is 0 Å². The zero-order chi connectivity index (χ0) is 21.4. The molecule has 3 aromatic carbocycles. The monoisotopic (exact) mass is 415 g/mol. The molecular weight excluding hydrogens is 390 g/mol. The first kappa shape index (κ1) is 19.6. The van der Waals surface area contributed by atoms with Crippen LogP contribution in [-0.4, -0.2) is 26.0 Å². The summed E-state index contributed by atoms with van der Waals surface area (Å²) < 4.78 is 17.7. The van der Waals surface area contributed by atoms with Gasteiger partial charge in [-0.05, 0) is 37.1 Å². The van der Waals surface area contributed by atoms with Gasteiger partial charge in [-0.2, -0.15) is 0 Å². The number of carbonyl (C=O) groups excluding carboxylic acids is 1. The van der Waals surface area contributed by atoms with E-state index in [1.165, 1.54) is 0 Å². The lowest BCUT2D eigenvalue weighted by atomic mass is 9.68. The van der Waals surface area contributed by atoms with Crippen LogP contribution in [0.25, 0.3) is 0 Å². The van der Waals surface area contributed by atoms with Gasteiger partial charge < -0.3 is 19.9 Å². The Balaban J connectivity index is 1.65. The molecule has 0 aromatic heterocycles. The summed E-state index contributed by atoms with van der Waals surface area (Å²) >= 11 is 0. The van der Waals surface area contributed by atoms with Gasteiger partial charge in [0.25, 0.3) is 0 Å². The van der Waals surface area contributed by atoms with Gasteiger partial charge in [0.1, 0.15) is 23.0 Å². The van der Waals surface area contributed by atoms with Gasteiger partial charge in [-0.15, -0.1) is 0 Å². The van der Waals surface area contributed by atoms with E-state index in [1.807, 2.05) is 54.6 Å². The lowest BCUT2D eigenvalue weighted by Crippen LogP contribution is -2.30. The Hall–Kier alpha value is -3.31. The standard InChI is InChI=1S/C26H25NO4/c1-29-17-8-10-21-24(14-17)31-25-15-18(30-13-5-4-12-27)9-11-22(25)26(21)16-23(28)19-6-2-3-7-20(19)26/h2-3,6-11,14-15H,4-5,12-13,16,27H2,1H3. The van der Waals surface area contributed by atoms with Crippen LogP contribution < -0.4 is 19.9 Å². The molecule has 5 nitrogen and oxygen atoms in total. The van der Waals surface area contributed by atoms with Crippen molar-refractivity contribution in [3.8, 4) is 23.0 Å². The first-order valence-electron chi connectivity index (χ1n) is 10.6. The Bertz CT molecular complexity index is 1160. The normalized spacial score (nSPS) is 18.2. The highest BCUT2D eigenvalue weighted by Gasteiger charge is 2.51. The number of methoxy groups -OCH3 is 1. The van der Waals surface area contributed by atoms with Crippen LogP contribution in [0.3, 0.4) is 0 Å². The summed E-state index contributed by atoms with van der Waals surface area (Å²) in [6.07, 6.45) is 2.20. The van der Waals surface area contributed by atoms with E-state index in [2.05, 4.69) is 6.07 Å². The van der Waals surface area contributed by atoms with Gasteiger partial charge in [0.15, 0.2) is 5.78 Å². The van der Waals surface area contributed by atoms with E-state index in [1.54, 1.807) is 7.11 Å². The van der Waals surface area contributed by atoms with Gasteiger partial charge in [-0.3, -0.25) is 4.79 Å². The van der Waals surface area contributed by atoms with Crippen molar-refractivity contribution in [1.29, 1.82) is 0 Å². The van der Waals surface area contributed by atoms with Crippen molar-refractivity contribution in [2.24, 2.45) is 5.73 Å². The molecular formula is C26H25NO4. The predicted octanol–water partition coefficient (Wildman–Crippen LogP) is 4.84. The molecule has 3 aromatic rings. The van der Waals surface area contributed by atoms with Gasteiger partial charge >= 0.3 is 0 Å². The van der Waals surface area contributed by atoms with E-state index in [4.69, 9.17) is 19.9 Å². The molecule has 1 aliphatic carbocycles. The van der Waals surface area contributed by atoms with E-state index >= 15 is 0 Å². The molecule has 5 rings (SSSR count). The Kier molecular flexibility index (Phi) is 4.91. The van der Waals surface area contributed by atoms with Gasteiger partial charge in [-0.25, -0.2) is 0 Å².